The van der Waals surface area contributed by atoms with E-state index in [4.69, 9.17) is 0 Å². The largest absolute Gasteiger partial charge is 0.393 e. The fraction of sp³-hybridized carbons (Fsp3) is 1.00. The number of aliphatic hydroxyl groups is 3. The third kappa shape index (κ3) is 9.03. The molecule has 3 aliphatic carbocycles. The van der Waals surface area contributed by atoms with Crippen molar-refractivity contribution in [3.63, 3.8) is 0 Å². The van der Waals surface area contributed by atoms with Gasteiger partial charge in [0.1, 0.15) is 0 Å². The lowest BCUT2D eigenvalue weighted by molar-refractivity contribution is -0.104. The molecule has 0 radical (unpaired) electrons. The lowest BCUT2D eigenvalue weighted by atomic mass is 9.55. The molecule has 3 saturated carbocycles. The molecular formula is C40H76O3. The molecule has 8 atom stereocenters. The summed E-state index contributed by atoms with van der Waals surface area (Å²) in [6.07, 6.45) is 8.26. The van der Waals surface area contributed by atoms with E-state index in [-0.39, 0.29) is 45.4 Å². The molecule has 0 amide bonds. The van der Waals surface area contributed by atoms with Crippen molar-refractivity contribution in [3.05, 3.63) is 0 Å². The lowest BCUT2D eigenvalue weighted by Gasteiger charge is -2.52. The maximum absolute atomic E-state index is 12.0. The van der Waals surface area contributed by atoms with E-state index in [0.717, 1.165) is 44.9 Å². The fourth-order valence-corrected chi connectivity index (χ4v) is 10.3. The number of aliphatic hydroxyl groups excluding tert-OH is 3. The van der Waals surface area contributed by atoms with Gasteiger partial charge < -0.3 is 15.3 Å². The first-order valence-electron chi connectivity index (χ1n) is 18.2. The van der Waals surface area contributed by atoms with Crippen LogP contribution in [0.25, 0.3) is 0 Å². The SMILES string of the molecule is CC(C)(C)C1CC(CC2CC(C(C)(C)C)C(O)C(C(C)(C)C)C2)CC(CC2CC(C(C)(C)C)C(O)C(C(C)(C)C)C2)C1O. The normalized spacial score (nSPS) is 40.9. The van der Waals surface area contributed by atoms with Crippen LogP contribution in [0, 0.1) is 80.3 Å². The van der Waals surface area contributed by atoms with Crippen molar-refractivity contribution in [2.24, 2.45) is 80.3 Å². The van der Waals surface area contributed by atoms with Gasteiger partial charge in [-0.15, -0.1) is 0 Å². The molecule has 0 spiro atoms. The highest BCUT2D eigenvalue weighted by Crippen LogP contribution is 2.55. The van der Waals surface area contributed by atoms with Crippen molar-refractivity contribution in [2.45, 2.75) is 174 Å². The zero-order valence-corrected chi connectivity index (χ0v) is 31.4. The smallest absolute Gasteiger partial charge is 0.0606 e. The highest BCUT2D eigenvalue weighted by atomic mass is 16.3. The van der Waals surface area contributed by atoms with E-state index >= 15 is 0 Å². The second-order valence-corrected chi connectivity index (χ2v) is 21.6. The number of hydrogen-bond donors (Lipinski definition) is 3. The summed E-state index contributed by atoms with van der Waals surface area (Å²) < 4.78 is 0. The van der Waals surface area contributed by atoms with E-state index in [1.807, 2.05) is 0 Å². The maximum atomic E-state index is 12.0. The van der Waals surface area contributed by atoms with Crippen LogP contribution in [0.1, 0.15) is 155 Å². The number of hydrogen-bond acceptors (Lipinski definition) is 3. The Labute approximate surface area is 268 Å². The van der Waals surface area contributed by atoms with Crippen LogP contribution in [0.2, 0.25) is 0 Å². The minimum atomic E-state index is -0.254. The van der Waals surface area contributed by atoms with Gasteiger partial charge in [-0.1, -0.05) is 104 Å². The molecule has 3 nitrogen and oxygen atoms in total. The first kappa shape index (κ1) is 37.3. The molecule has 0 heterocycles. The Morgan fingerprint density at radius 2 is 0.581 bits per heavy atom. The Morgan fingerprint density at radius 3 is 0.860 bits per heavy atom. The minimum absolute atomic E-state index is 0.0714. The molecule has 3 N–H and O–H groups in total. The molecule has 0 saturated heterocycles. The highest BCUT2D eigenvalue weighted by molar-refractivity contribution is 5.00. The van der Waals surface area contributed by atoms with E-state index in [1.54, 1.807) is 0 Å². The standard InChI is InChI=1S/C40H76O3/c1-36(2,3)28-19-24(16-25-20-29(37(4,5)6)34(42)30(21-25)38(7,8)9)17-27(33(28)41)18-26-22-31(39(10,11)12)35(43)32(23-26)40(13,14)15/h24-35,41-43H,16-23H2,1-15H3. The van der Waals surface area contributed by atoms with E-state index in [9.17, 15) is 15.3 Å². The Balaban J connectivity index is 1.86. The second kappa shape index (κ2) is 12.8. The zero-order valence-electron chi connectivity index (χ0n) is 31.4. The van der Waals surface area contributed by atoms with Crippen LogP contribution in [-0.4, -0.2) is 33.6 Å². The minimum Gasteiger partial charge on any atom is -0.393 e. The topological polar surface area (TPSA) is 60.7 Å². The average molecular weight is 605 g/mol. The van der Waals surface area contributed by atoms with Crippen LogP contribution in [0.5, 0.6) is 0 Å². The van der Waals surface area contributed by atoms with E-state index in [1.165, 1.54) is 6.42 Å². The molecule has 0 bridgehead atoms. The summed E-state index contributed by atoms with van der Waals surface area (Å²) in [6.45, 7) is 34.8. The summed E-state index contributed by atoms with van der Waals surface area (Å²) in [7, 11) is 0. The van der Waals surface area contributed by atoms with Gasteiger partial charge in [-0.25, -0.2) is 0 Å². The van der Waals surface area contributed by atoms with Crippen LogP contribution in [0.15, 0.2) is 0 Å². The van der Waals surface area contributed by atoms with Gasteiger partial charge in [-0.2, -0.15) is 0 Å². The Kier molecular flexibility index (Phi) is 11.1. The van der Waals surface area contributed by atoms with Gasteiger partial charge in [-0.05, 0) is 132 Å². The first-order valence-corrected chi connectivity index (χ1v) is 18.2. The third-order valence-corrected chi connectivity index (χ3v) is 13.0. The average Bonchev–Trinajstić information content (AvgIpc) is 2.79. The van der Waals surface area contributed by atoms with Crippen molar-refractivity contribution in [1.29, 1.82) is 0 Å². The fourth-order valence-electron chi connectivity index (χ4n) is 10.3. The zero-order chi connectivity index (χ0) is 33.1. The molecule has 3 fully saturated rings. The summed E-state index contributed by atoms with van der Waals surface area (Å²) in [6, 6.07) is 0. The van der Waals surface area contributed by atoms with Gasteiger partial charge in [0.05, 0.1) is 18.3 Å². The molecule has 3 rings (SSSR count). The van der Waals surface area contributed by atoms with E-state index in [0.29, 0.717) is 53.3 Å². The van der Waals surface area contributed by atoms with Crippen molar-refractivity contribution >= 4 is 0 Å². The number of rotatable bonds is 4. The van der Waals surface area contributed by atoms with Gasteiger partial charge in [-0.3, -0.25) is 0 Å². The molecule has 43 heavy (non-hydrogen) atoms. The Bertz CT molecular complexity index is 839. The molecule has 0 aromatic carbocycles. The van der Waals surface area contributed by atoms with Gasteiger partial charge in [0, 0.05) is 0 Å². The Hall–Kier alpha value is -0.120. The highest BCUT2D eigenvalue weighted by Gasteiger charge is 2.50. The predicted octanol–water partition coefficient (Wildman–Crippen LogP) is 10.0. The summed E-state index contributed by atoms with van der Waals surface area (Å²) in [5.74, 6) is 3.71. The molecular weight excluding hydrogens is 528 g/mol. The van der Waals surface area contributed by atoms with Crippen LogP contribution < -0.4 is 0 Å². The summed E-state index contributed by atoms with van der Waals surface area (Å²) in [4.78, 5) is 0. The van der Waals surface area contributed by atoms with E-state index < -0.39 is 0 Å². The quantitative estimate of drug-likeness (QED) is 0.299. The lowest BCUT2D eigenvalue weighted by Crippen LogP contribution is -2.50. The molecule has 8 unspecified atom stereocenters. The van der Waals surface area contributed by atoms with Crippen LogP contribution in [0.4, 0.5) is 0 Å². The van der Waals surface area contributed by atoms with Crippen molar-refractivity contribution in [2.75, 3.05) is 0 Å². The van der Waals surface area contributed by atoms with Crippen molar-refractivity contribution in [1.82, 2.24) is 0 Å². The van der Waals surface area contributed by atoms with Crippen molar-refractivity contribution in [3.8, 4) is 0 Å². The summed E-state index contributed by atoms with van der Waals surface area (Å²) in [5.41, 5.74) is 0.411. The van der Waals surface area contributed by atoms with Crippen molar-refractivity contribution < 1.29 is 15.3 Å². The summed E-state index contributed by atoms with van der Waals surface area (Å²) >= 11 is 0. The van der Waals surface area contributed by atoms with Crippen LogP contribution in [-0.2, 0) is 0 Å². The van der Waals surface area contributed by atoms with Gasteiger partial charge in [0.2, 0.25) is 0 Å². The maximum Gasteiger partial charge on any atom is 0.0606 e. The van der Waals surface area contributed by atoms with Gasteiger partial charge in [0.15, 0.2) is 0 Å². The van der Waals surface area contributed by atoms with E-state index in [2.05, 4.69) is 104 Å². The molecule has 3 aliphatic rings. The first-order chi connectivity index (χ1) is 19.2. The Morgan fingerprint density at radius 1 is 0.349 bits per heavy atom. The van der Waals surface area contributed by atoms with Gasteiger partial charge in [0.25, 0.3) is 0 Å². The monoisotopic (exact) mass is 605 g/mol. The molecule has 0 aromatic rings. The van der Waals surface area contributed by atoms with Crippen LogP contribution >= 0.6 is 0 Å². The molecule has 0 aromatic heterocycles. The van der Waals surface area contributed by atoms with Crippen LogP contribution in [0.3, 0.4) is 0 Å². The van der Waals surface area contributed by atoms with Gasteiger partial charge >= 0.3 is 0 Å². The molecule has 3 heteroatoms. The third-order valence-electron chi connectivity index (χ3n) is 13.0. The predicted molar refractivity (Wildman–Crippen MR) is 184 cm³/mol. The molecule has 254 valence electrons. The summed E-state index contributed by atoms with van der Waals surface area (Å²) in [5, 5.41) is 35.1. The molecule has 0 aliphatic heterocycles. The second-order valence-electron chi connectivity index (χ2n) is 21.6.